The molecule has 1 aliphatic carbocycles. The predicted octanol–water partition coefficient (Wildman–Crippen LogP) is 5.27. The number of hydrogen-bond acceptors (Lipinski definition) is 0. The topological polar surface area (TPSA) is 0 Å². The minimum absolute atomic E-state index is 1.18. The molecule has 0 heterocycles. The lowest BCUT2D eigenvalue weighted by Gasteiger charge is -2.08. The minimum atomic E-state index is 1.18. The van der Waals surface area contributed by atoms with Gasteiger partial charge >= 0.3 is 0 Å². The first kappa shape index (κ1) is 12.5. The van der Waals surface area contributed by atoms with E-state index in [0.717, 1.165) is 0 Å². The average Bonchev–Trinajstić information content (AvgIpc) is 2.83. The minimum Gasteiger partial charge on any atom is -0.0654 e. The predicted molar refractivity (Wildman–Crippen MR) is 81.2 cm³/mol. The second kappa shape index (κ2) is 5.61. The molecule has 0 N–H and O–H groups in total. The Kier molecular flexibility index (Phi) is 3.68. The number of fused-ring (bicyclic) bond motifs is 3. The number of benzene rings is 2. The van der Waals surface area contributed by atoms with Crippen LogP contribution in [0.15, 0.2) is 42.5 Å². The lowest BCUT2D eigenvalue weighted by Crippen LogP contribution is -1.92. The molecule has 2 radical (unpaired) electrons. The second-order valence-corrected chi connectivity index (χ2v) is 5.32. The SMILES string of the molecule is CCCCCCc1cccc2c1[C]c1ccccc1-2. The summed E-state index contributed by atoms with van der Waals surface area (Å²) in [6.07, 6.45) is 10.1. The highest BCUT2D eigenvalue weighted by Crippen LogP contribution is 2.39. The lowest BCUT2D eigenvalue weighted by molar-refractivity contribution is 0.666. The van der Waals surface area contributed by atoms with Crippen LogP contribution in [0.4, 0.5) is 0 Å². The van der Waals surface area contributed by atoms with Gasteiger partial charge < -0.3 is 0 Å². The summed E-state index contributed by atoms with van der Waals surface area (Å²) in [5.41, 5.74) is 6.75. The molecule has 0 nitrogen and oxygen atoms in total. The molecule has 19 heavy (non-hydrogen) atoms. The van der Waals surface area contributed by atoms with Crippen molar-refractivity contribution >= 4 is 0 Å². The van der Waals surface area contributed by atoms with Crippen molar-refractivity contribution in [3.8, 4) is 11.1 Å². The fourth-order valence-electron chi connectivity index (χ4n) is 2.88. The number of hydrogen-bond donors (Lipinski definition) is 0. The Hall–Kier alpha value is -1.56. The van der Waals surface area contributed by atoms with Gasteiger partial charge in [0, 0.05) is 0 Å². The van der Waals surface area contributed by atoms with E-state index in [-0.39, 0.29) is 0 Å². The van der Waals surface area contributed by atoms with Gasteiger partial charge in [-0.25, -0.2) is 0 Å². The van der Waals surface area contributed by atoms with Crippen LogP contribution in [-0.2, 0) is 6.42 Å². The van der Waals surface area contributed by atoms with Gasteiger partial charge in [0.05, 0.1) is 6.42 Å². The molecule has 0 saturated carbocycles. The molecule has 0 bridgehead atoms. The third-order valence-electron chi connectivity index (χ3n) is 3.93. The van der Waals surface area contributed by atoms with E-state index < -0.39 is 0 Å². The van der Waals surface area contributed by atoms with Crippen LogP contribution in [0.25, 0.3) is 11.1 Å². The molecule has 1 aliphatic rings. The molecule has 2 aromatic carbocycles. The highest BCUT2D eigenvalue weighted by molar-refractivity contribution is 5.82. The van der Waals surface area contributed by atoms with Crippen molar-refractivity contribution in [2.75, 3.05) is 0 Å². The molecule has 0 spiro atoms. The van der Waals surface area contributed by atoms with Gasteiger partial charge in [-0.15, -0.1) is 0 Å². The first-order chi connectivity index (χ1) is 9.40. The molecule has 0 fully saturated rings. The van der Waals surface area contributed by atoms with Gasteiger partial charge in [0.15, 0.2) is 0 Å². The van der Waals surface area contributed by atoms with Gasteiger partial charge in [0.1, 0.15) is 0 Å². The van der Waals surface area contributed by atoms with Gasteiger partial charge in [-0.05, 0) is 40.7 Å². The van der Waals surface area contributed by atoms with E-state index >= 15 is 0 Å². The average molecular weight is 248 g/mol. The lowest BCUT2D eigenvalue weighted by atomic mass is 9.97. The van der Waals surface area contributed by atoms with E-state index in [0.29, 0.717) is 0 Å². The molecular formula is C19H20. The van der Waals surface area contributed by atoms with Crippen molar-refractivity contribution < 1.29 is 0 Å². The van der Waals surface area contributed by atoms with Crippen LogP contribution in [0.2, 0.25) is 0 Å². The molecule has 0 aliphatic heterocycles. The quantitative estimate of drug-likeness (QED) is 0.540. The summed E-state index contributed by atoms with van der Waals surface area (Å²) < 4.78 is 0. The Morgan fingerprint density at radius 1 is 0.842 bits per heavy atom. The highest BCUT2D eigenvalue weighted by atomic mass is 14.2. The van der Waals surface area contributed by atoms with E-state index in [1.165, 1.54) is 59.9 Å². The second-order valence-electron chi connectivity index (χ2n) is 5.32. The van der Waals surface area contributed by atoms with Gasteiger partial charge in [-0.2, -0.15) is 0 Å². The third-order valence-corrected chi connectivity index (χ3v) is 3.93. The summed E-state index contributed by atoms with van der Waals surface area (Å²) in [5.74, 6) is 0. The van der Waals surface area contributed by atoms with E-state index in [2.05, 4.69) is 55.8 Å². The van der Waals surface area contributed by atoms with Crippen molar-refractivity contribution in [2.24, 2.45) is 0 Å². The maximum absolute atomic E-state index is 3.59. The van der Waals surface area contributed by atoms with Crippen molar-refractivity contribution in [3.05, 3.63) is 65.6 Å². The maximum Gasteiger partial charge on any atom is 0.0517 e. The Labute approximate surface area is 116 Å². The molecule has 3 rings (SSSR count). The Bertz CT molecular complexity index is 566. The number of rotatable bonds is 5. The van der Waals surface area contributed by atoms with E-state index in [4.69, 9.17) is 0 Å². The molecule has 0 aromatic heterocycles. The van der Waals surface area contributed by atoms with E-state index in [1.807, 2.05) is 0 Å². The molecule has 0 heteroatoms. The Balaban J connectivity index is 1.82. The summed E-state index contributed by atoms with van der Waals surface area (Å²) in [6.45, 7) is 2.26. The van der Waals surface area contributed by atoms with Crippen molar-refractivity contribution in [1.82, 2.24) is 0 Å². The largest absolute Gasteiger partial charge is 0.0654 e. The summed E-state index contributed by atoms with van der Waals surface area (Å²) in [5, 5.41) is 0. The summed E-state index contributed by atoms with van der Waals surface area (Å²) in [6, 6.07) is 15.3. The summed E-state index contributed by atoms with van der Waals surface area (Å²) in [4.78, 5) is 0. The van der Waals surface area contributed by atoms with Crippen LogP contribution >= 0.6 is 0 Å². The smallest absolute Gasteiger partial charge is 0.0517 e. The van der Waals surface area contributed by atoms with Crippen LogP contribution in [0.3, 0.4) is 0 Å². The number of unbranched alkanes of at least 4 members (excludes halogenated alkanes) is 3. The zero-order chi connectivity index (χ0) is 13.1. The Morgan fingerprint density at radius 3 is 2.58 bits per heavy atom. The fourth-order valence-corrected chi connectivity index (χ4v) is 2.88. The fraction of sp³-hybridized carbons (Fsp3) is 0.316. The molecule has 96 valence electrons. The van der Waals surface area contributed by atoms with Crippen molar-refractivity contribution in [3.63, 3.8) is 0 Å². The van der Waals surface area contributed by atoms with Crippen LogP contribution in [0.5, 0.6) is 0 Å². The summed E-state index contributed by atoms with van der Waals surface area (Å²) in [7, 11) is 0. The normalized spacial score (nSPS) is 12.3. The standard InChI is InChI=1S/C19H20/c1-2-3-4-5-9-15-11-8-13-18-17-12-7-6-10-16(17)14-19(15)18/h6-8,10-13H,2-5,9H2,1H3. The van der Waals surface area contributed by atoms with Crippen LogP contribution in [-0.4, -0.2) is 0 Å². The van der Waals surface area contributed by atoms with E-state index in [9.17, 15) is 0 Å². The van der Waals surface area contributed by atoms with Gasteiger partial charge in [-0.1, -0.05) is 68.7 Å². The molecular weight excluding hydrogens is 228 g/mol. The van der Waals surface area contributed by atoms with Gasteiger partial charge in [0.2, 0.25) is 0 Å². The van der Waals surface area contributed by atoms with E-state index in [1.54, 1.807) is 0 Å². The van der Waals surface area contributed by atoms with Gasteiger partial charge in [-0.3, -0.25) is 0 Å². The van der Waals surface area contributed by atoms with Crippen molar-refractivity contribution in [1.29, 1.82) is 0 Å². The highest BCUT2D eigenvalue weighted by Gasteiger charge is 2.20. The maximum atomic E-state index is 3.59. The molecule has 0 unspecified atom stereocenters. The number of aryl methyl sites for hydroxylation is 1. The molecule has 2 aromatic rings. The van der Waals surface area contributed by atoms with Crippen molar-refractivity contribution in [2.45, 2.75) is 39.0 Å². The zero-order valence-corrected chi connectivity index (χ0v) is 11.6. The zero-order valence-electron chi connectivity index (χ0n) is 11.6. The molecule has 0 amide bonds. The first-order valence-corrected chi connectivity index (χ1v) is 7.38. The van der Waals surface area contributed by atoms with Crippen LogP contribution < -0.4 is 0 Å². The molecule has 0 atom stereocenters. The molecule has 0 saturated heterocycles. The third kappa shape index (κ3) is 2.45. The summed E-state index contributed by atoms with van der Waals surface area (Å²) >= 11 is 0. The van der Waals surface area contributed by atoms with Gasteiger partial charge in [0.25, 0.3) is 0 Å². The first-order valence-electron chi connectivity index (χ1n) is 7.38. The monoisotopic (exact) mass is 248 g/mol. The Morgan fingerprint density at radius 2 is 1.68 bits per heavy atom. The van der Waals surface area contributed by atoms with Crippen LogP contribution in [0.1, 0.15) is 49.3 Å². The van der Waals surface area contributed by atoms with Crippen LogP contribution in [0, 0.1) is 6.42 Å².